The number of pyridine rings is 1. The number of fused-ring (bicyclic) bond motifs is 5. The summed E-state index contributed by atoms with van der Waals surface area (Å²) >= 11 is 0. The van der Waals surface area contributed by atoms with Crippen LogP contribution in [0.1, 0.15) is 46.8 Å². The van der Waals surface area contributed by atoms with Crippen molar-refractivity contribution in [2.75, 3.05) is 33.0 Å². The Hall–Kier alpha value is -2.80. The van der Waals surface area contributed by atoms with E-state index in [1.807, 2.05) is 21.6 Å². The maximum absolute atomic E-state index is 13.2. The summed E-state index contributed by atoms with van der Waals surface area (Å²) in [6.45, 7) is 5.16. The Labute approximate surface area is 181 Å². The van der Waals surface area contributed by atoms with Crippen LogP contribution in [0, 0.1) is 5.92 Å². The van der Waals surface area contributed by atoms with Gasteiger partial charge in [0, 0.05) is 48.9 Å². The van der Waals surface area contributed by atoms with Crippen LogP contribution >= 0.6 is 0 Å². The first-order valence-corrected chi connectivity index (χ1v) is 11.3. The first-order valence-electron chi connectivity index (χ1n) is 11.3. The van der Waals surface area contributed by atoms with Crippen LogP contribution in [0.25, 0.3) is 0 Å². The second-order valence-corrected chi connectivity index (χ2v) is 9.26. The standard InChI is InChI=1S/C24H27N3O4/c28-23(17-4-6-21-22(10-17)31-15-30-21)26-11-16-9-19(14-26)20-5-3-18(24(29)27(20)12-16)13-25-7-1-2-8-25/h3-6,10,16,19H,1-2,7-9,11-15H2/t16-,19+/m0/s1. The van der Waals surface area contributed by atoms with Crippen molar-refractivity contribution in [2.45, 2.75) is 38.3 Å². The van der Waals surface area contributed by atoms with Gasteiger partial charge >= 0.3 is 0 Å². The molecule has 2 aromatic rings. The predicted molar refractivity (Wildman–Crippen MR) is 115 cm³/mol. The van der Waals surface area contributed by atoms with Gasteiger partial charge in [-0.1, -0.05) is 6.07 Å². The van der Waals surface area contributed by atoms with Gasteiger partial charge in [0.1, 0.15) is 0 Å². The highest BCUT2D eigenvalue weighted by Gasteiger charge is 2.37. The SMILES string of the molecule is O=C(c1ccc2c(c1)OCO2)N1C[C@@H]2C[C@H](C1)c1ccc(CN3CCCC3)c(=O)n1C2. The van der Waals surface area contributed by atoms with Gasteiger partial charge in [-0.05, 0) is 62.5 Å². The van der Waals surface area contributed by atoms with Crippen LogP contribution in [-0.2, 0) is 13.1 Å². The zero-order valence-electron chi connectivity index (χ0n) is 17.6. The molecule has 162 valence electrons. The van der Waals surface area contributed by atoms with E-state index < -0.39 is 0 Å². The van der Waals surface area contributed by atoms with Crippen molar-refractivity contribution in [3.05, 3.63) is 57.5 Å². The monoisotopic (exact) mass is 421 g/mol. The predicted octanol–water partition coefficient (Wildman–Crippen LogP) is 2.43. The van der Waals surface area contributed by atoms with Gasteiger partial charge in [0.25, 0.3) is 11.5 Å². The van der Waals surface area contributed by atoms with Gasteiger partial charge in [-0.2, -0.15) is 0 Å². The summed E-state index contributed by atoms with van der Waals surface area (Å²) in [6, 6.07) is 9.53. The van der Waals surface area contributed by atoms with Crippen LogP contribution in [0.5, 0.6) is 11.5 Å². The van der Waals surface area contributed by atoms with Gasteiger partial charge in [0.2, 0.25) is 6.79 Å². The molecule has 0 unspecified atom stereocenters. The molecule has 2 bridgehead atoms. The van der Waals surface area contributed by atoms with E-state index >= 15 is 0 Å². The van der Waals surface area contributed by atoms with E-state index in [9.17, 15) is 9.59 Å². The average Bonchev–Trinajstić information content (AvgIpc) is 3.46. The molecule has 5 heterocycles. The number of hydrogen-bond acceptors (Lipinski definition) is 5. The second kappa shape index (κ2) is 7.41. The Kier molecular flexibility index (Phi) is 4.52. The fourth-order valence-corrected chi connectivity index (χ4v) is 5.67. The number of piperidine rings is 1. The zero-order valence-corrected chi connectivity index (χ0v) is 17.6. The molecule has 0 radical (unpaired) electrons. The molecule has 6 rings (SSSR count). The van der Waals surface area contributed by atoms with Gasteiger partial charge in [-0.15, -0.1) is 0 Å². The molecule has 1 aromatic carbocycles. The van der Waals surface area contributed by atoms with Crippen molar-refractivity contribution < 1.29 is 14.3 Å². The summed E-state index contributed by atoms with van der Waals surface area (Å²) in [6.07, 6.45) is 3.49. The third-order valence-electron chi connectivity index (χ3n) is 7.18. The molecular weight excluding hydrogens is 394 g/mol. The molecule has 2 saturated heterocycles. The number of nitrogens with zero attached hydrogens (tertiary/aromatic N) is 3. The third kappa shape index (κ3) is 3.31. The molecule has 7 nitrogen and oxygen atoms in total. The lowest BCUT2D eigenvalue weighted by molar-refractivity contribution is 0.0593. The molecule has 0 saturated carbocycles. The molecule has 1 aromatic heterocycles. The first kappa shape index (κ1) is 18.9. The summed E-state index contributed by atoms with van der Waals surface area (Å²) in [5.41, 5.74) is 2.77. The van der Waals surface area contributed by atoms with E-state index in [-0.39, 0.29) is 24.2 Å². The lowest BCUT2D eigenvalue weighted by Gasteiger charge is -2.43. The zero-order chi connectivity index (χ0) is 20.9. The largest absolute Gasteiger partial charge is 0.454 e. The molecular formula is C24H27N3O4. The van der Waals surface area contributed by atoms with Crippen LogP contribution < -0.4 is 15.0 Å². The smallest absolute Gasteiger partial charge is 0.255 e. The van der Waals surface area contributed by atoms with Crippen molar-refractivity contribution in [1.82, 2.24) is 14.4 Å². The average molecular weight is 421 g/mol. The van der Waals surface area contributed by atoms with E-state index in [2.05, 4.69) is 11.0 Å². The highest BCUT2D eigenvalue weighted by molar-refractivity contribution is 5.95. The molecule has 0 spiro atoms. The Bertz CT molecular complexity index is 1090. The minimum atomic E-state index is 0.0226. The molecule has 7 heteroatoms. The van der Waals surface area contributed by atoms with Crippen molar-refractivity contribution in [1.29, 1.82) is 0 Å². The topological polar surface area (TPSA) is 64.0 Å². The fourth-order valence-electron chi connectivity index (χ4n) is 5.67. The van der Waals surface area contributed by atoms with E-state index in [1.165, 1.54) is 12.8 Å². The fraction of sp³-hybridized carbons (Fsp3) is 0.500. The first-order chi connectivity index (χ1) is 15.2. The van der Waals surface area contributed by atoms with Crippen LogP contribution in [0.2, 0.25) is 0 Å². The lowest BCUT2D eigenvalue weighted by Crippen LogP contribution is -2.49. The van der Waals surface area contributed by atoms with Gasteiger partial charge in [-0.3, -0.25) is 14.5 Å². The molecule has 31 heavy (non-hydrogen) atoms. The Morgan fingerprint density at radius 1 is 1.00 bits per heavy atom. The number of carbonyl (C=O) groups excluding carboxylic acids is 1. The molecule has 2 fully saturated rings. The summed E-state index contributed by atoms with van der Waals surface area (Å²) < 4.78 is 12.8. The Morgan fingerprint density at radius 3 is 2.71 bits per heavy atom. The van der Waals surface area contributed by atoms with Gasteiger partial charge in [-0.25, -0.2) is 0 Å². The van der Waals surface area contributed by atoms with Crippen molar-refractivity contribution in [3.8, 4) is 11.5 Å². The number of ether oxygens (including phenoxy) is 2. The summed E-state index contributed by atoms with van der Waals surface area (Å²) in [7, 11) is 0. The second-order valence-electron chi connectivity index (χ2n) is 9.26. The van der Waals surface area contributed by atoms with Crippen LogP contribution in [-0.4, -0.2) is 53.2 Å². The molecule has 0 aliphatic carbocycles. The third-order valence-corrected chi connectivity index (χ3v) is 7.18. The molecule has 2 atom stereocenters. The Morgan fingerprint density at radius 2 is 1.84 bits per heavy atom. The van der Waals surface area contributed by atoms with Crippen LogP contribution in [0.4, 0.5) is 0 Å². The van der Waals surface area contributed by atoms with E-state index in [1.54, 1.807) is 12.1 Å². The van der Waals surface area contributed by atoms with Crippen molar-refractivity contribution >= 4 is 5.91 Å². The van der Waals surface area contributed by atoms with E-state index in [0.717, 1.165) is 37.3 Å². The molecule has 4 aliphatic heterocycles. The number of benzene rings is 1. The summed E-state index contributed by atoms with van der Waals surface area (Å²) in [5, 5.41) is 0. The number of likely N-dealkylation sites (tertiary alicyclic amines) is 2. The van der Waals surface area contributed by atoms with E-state index in [4.69, 9.17) is 9.47 Å². The van der Waals surface area contributed by atoms with Gasteiger partial charge in [0.05, 0.1) is 0 Å². The minimum Gasteiger partial charge on any atom is -0.454 e. The summed E-state index contributed by atoms with van der Waals surface area (Å²) in [5.74, 6) is 1.85. The van der Waals surface area contributed by atoms with Crippen molar-refractivity contribution in [2.24, 2.45) is 5.92 Å². The van der Waals surface area contributed by atoms with Crippen LogP contribution in [0.3, 0.4) is 0 Å². The number of rotatable bonds is 3. The molecule has 1 amide bonds. The number of amides is 1. The number of hydrogen-bond donors (Lipinski definition) is 0. The highest BCUT2D eigenvalue weighted by Crippen LogP contribution is 2.37. The quantitative estimate of drug-likeness (QED) is 0.762. The minimum absolute atomic E-state index is 0.0226. The van der Waals surface area contributed by atoms with Gasteiger partial charge < -0.3 is 18.9 Å². The van der Waals surface area contributed by atoms with Crippen LogP contribution in [0.15, 0.2) is 35.1 Å². The highest BCUT2D eigenvalue weighted by atomic mass is 16.7. The normalized spacial score (nSPS) is 24.3. The van der Waals surface area contributed by atoms with Gasteiger partial charge in [0.15, 0.2) is 11.5 Å². The number of carbonyl (C=O) groups is 1. The Balaban J connectivity index is 1.23. The molecule has 0 N–H and O–H groups in total. The number of aromatic nitrogens is 1. The lowest BCUT2D eigenvalue weighted by atomic mass is 9.82. The summed E-state index contributed by atoms with van der Waals surface area (Å²) in [4.78, 5) is 30.7. The maximum Gasteiger partial charge on any atom is 0.255 e. The van der Waals surface area contributed by atoms with Crippen molar-refractivity contribution in [3.63, 3.8) is 0 Å². The molecule has 4 aliphatic rings. The van der Waals surface area contributed by atoms with E-state index in [0.29, 0.717) is 42.6 Å². The maximum atomic E-state index is 13.2.